The number of rotatable bonds is 6. The van der Waals surface area contributed by atoms with Crippen molar-refractivity contribution >= 4 is 29.9 Å². The molecule has 1 aliphatic heterocycles. The lowest BCUT2D eigenvalue weighted by Crippen LogP contribution is -2.47. The van der Waals surface area contributed by atoms with Gasteiger partial charge < -0.3 is 15.0 Å². The van der Waals surface area contributed by atoms with E-state index in [0.29, 0.717) is 6.54 Å². The summed E-state index contributed by atoms with van der Waals surface area (Å²) in [6, 6.07) is 18.3. The van der Waals surface area contributed by atoms with E-state index in [2.05, 4.69) is 39.4 Å². The molecule has 3 aromatic rings. The maximum Gasteiger partial charge on any atom is 0.194 e. The number of halogens is 1. The van der Waals surface area contributed by atoms with E-state index in [1.807, 2.05) is 42.5 Å². The molecule has 2 aromatic carbocycles. The highest BCUT2D eigenvalue weighted by Crippen LogP contribution is 2.19. The first kappa shape index (κ1) is 23.1. The van der Waals surface area contributed by atoms with Crippen molar-refractivity contribution in [3.05, 3.63) is 72.8 Å². The lowest BCUT2D eigenvalue weighted by Gasteiger charge is -2.34. The number of nitrogens with zero attached hydrogens (tertiary/aromatic N) is 5. The van der Waals surface area contributed by atoms with Crippen LogP contribution in [-0.2, 0) is 6.54 Å². The minimum absolute atomic E-state index is 0. The molecule has 0 saturated carbocycles. The van der Waals surface area contributed by atoms with Crippen molar-refractivity contribution in [2.24, 2.45) is 4.99 Å². The monoisotopic (exact) mass is 532 g/mol. The zero-order valence-electron chi connectivity index (χ0n) is 17.7. The summed E-state index contributed by atoms with van der Waals surface area (Å²) in [5, 5.41) is 7.59. The normalized spacial score (nSPS) is 14.7. The largest absolute Gasteiger partial charge is 0.490 e. The van der Waals surface area contributed by atoms with Crippen LogP contribution in [0, 0.1) is 0 Å². The molecule has 8 heteroatoms. The van der Waals surface area contributed by atoms with Crippen LogP contribution in [0.4, 0.5) is 0 Å². The maximum atomic E-state index is 6.12. The first-order chi connectivity index (χ1) is 14.8. The van der Waals surface area contributed by atoms with Crippen LogP contribution in [0.5, 0.6) is 5.75 Å². The number of guanidine groups is 1. The third kappa shape index (κ3) is 6.43. The molecule has 7 nitrogen and oxygen atoms in total. The average Bonchev–Trinajstić information content (AvgIpc) is 3.33. The topological polar surface area (TPSA) is 67.6 Å². The Bertz CT molecular complexity index is 922. The molecule has 164 valence electrons. The van der Waals surface area contributed by atoms with Gasteiger partial charge in [-0.05, 0) is 36.8 Å². The van der Waals surface area contributed by atoms with Crippen LogP contribution in [0.15, 0.2) is 72.2 Å². The Labute approximate surface area is 200 Å². The molecular formula is C23H29IN6O. The zero-order valence-corrected chi connectivity index (χ0v) is 20.1. The van der Waals surface area contributed by atoms with E-state index in [1.165, 1.54) is 6.33 Å². The summed E-state index contributed by atoms with van der Waals surface area (Å²) >= 11 is 0. The number of likely N-dealkylation sites (tertiary alicyclic amines) is 1. The Balaban J connectivity index is 0.00000272. The van der Waals surface area contributed by atoms with Gasteiger partial charge in [-0.15, -0.1) is 24.0 Å². The second-order valence-electron chi connectivity index (χ2n) is 7.29. The summed E-state index contributed by atoms with van der Waals surface area (Å²) in [4.78, 5) is 11.2. The molecule has 0 spiro atoms. The van der Waals surface area contributed by atoms with Gasteiger partial charge in [0.05, 0.1) is 12.2 Å². The number of hydrogen-bond acceptors (Lipinski definition) is 4. The van der Waals surface area contributed by atoms with Gasteiger partial charge in [-0.25, -0.2) is 14.7 Å². The van der Waals surface area contributed by atoms with Crippen molar-refractivity contribution < 1.29 is 4.74 Å². The summed E-state index contributed by atoms with van der Waals surface area (Å²) in [6.45, 7) is 5.47. The molecule has 0 amide bonds. The standard InChI is InChI=1S/C23H28N6O.HI/c1-2-25-23(26-16-19-8-10-20(11-9-19)29-18-24-17-27-29)28-14-12-22(13-15-28)30-21-6-4-3-5-7-21;/h3-11,17-18,22H,2,12-16H2,1H3,(H,25,26);1H. The van der Waals surface area contributed by atoms with Crippen molar-refractivity contribution in [3.63, 3.8) is 0 Å². The molecular weight excluding hydrogens is 503 g/mol. The molecule has 1 aromatic heterocycles. The van der Waals surface area contributed by atoms with Crippen molar-refractivity contribution in [2.75, 3.05) is 19.6 Å². The summed E-state index contributed by atoms with van der Waals surface area (Å²) in [5.74, 6) is 1.92. The molecule has 31 heavy (non-hydrogen) atoms. The highest BCUT2D eigenvalue weighted by atomic mass is 127. The highest BCUT2D eigenvalue weighted by Gasteiger charge is 2.22. The highest BCUT2D eigenvalue weighted by molar-refractivity contribution is 14.0. The van der Waals surface area contributed by atoms with Crippen molar-refractivity contribution in [1.82, 2.24) is 25.0 Å². The second kappa shape index (κ2) is 11.7. The minimum Gasteiger partial charge on any atom is -0.490 e. The summed E-state index contributed by atoms with van der Waals surface area (Å²) in [7, 11) is 0. The Morgan fingerprint density at radius 1 is 1.10 bits per heavy atom. The maximum absolute atomic E-state index is 6.12. The Hall–Kier alpha value is -2.62. The van der Waals surface area contributed by atoms with Crippen LogP contribution in [0.1, 0.15) is 25.3 Å². The molecule has 1 fully saturated rings. The molecule has 1 N–H and O–H groups in total. The zero-order chi connectivity index (χ0) is 20.6. The van der Waals surface area contributed by atoms with Crippen LogP contribution >= 0.6 is 24.0 Å². The summed E-state index contributed by atoms with van der Waals surface area (Å²) < 4.78 is 7.86. The van der Waals surface area contributed by atoms with E-state index in [0.717, 1.165) is 55.4 Å². The van der Waals surface area contributed by atoms with Crippen molar-refractivity contribution in [3.8, 4) is 11.4 Å². The Morgan fingerprint density at radius 2 is 1.84 bits per heavy atom. The van der Waals surface area contributed by atoms with Gasteiger partial charge in [0.2, 0.25) is 0 Å². The second-order valence-corrected chi connectivity index (χ2v) is 7.29. The molecule has 0 radical (unpaired) electrons. The summed E-state index contributed by atoms with van der Waals surface area (Å²) in [6.07, 6.45) is 5.48. The number of piperidine rings is 1. The quantitative estimate of drug-likeness (QED) is 0.297. The lowest BCUT2D eigenvalue weighted by atomic mass is 10.1. The first-order valence-electron chi connectivity index (χ1n) is 10.5. The van der Waals surface area contributed by atoms with E-state index in [4.69, 9.17) is 9.73 Å². The molecule has 0 unspecified atom stereocenters. The minimum atomic E-state index is 0. The number of aliphatic imine (C=N–C) groups is 1. The van der Waals surface area contributed by atoms with Crippen molar-refractivity contribution in [1.29, 1.82) is 0 Å². The van der Waals surface area contributed by atoms with Crippen LogP contribution in [0.25, 0.3) is 5.69 Å². The molecule has 1 saturated heterocycles. The van der Waals surface area contributed by atoms with Gasteiger partial charge in [0.15, 0.2) is 5.96 Å². The van der Waals surface area contributed by atoms with Crippen LogP contribution in [-0.4, -0.2) is 51.4 Å². The third-order valence-electron chi connectivity index (χ3n) is 5.15. The van der Waals surface area contributed by atoms with Gasteiger partial charge in [0, 0.05) is 32.5 Å². The summed E-state index contributed by atoms with van der Waals surface area (Å²) in [5.41, 5.74) is 2.16. The smallest absolute Gasteiger partial charge is 0.194 e. The molecule has 4 rings (SSSR count). The van der Waals surface area contributed by atoms with Gasteiger partial charge >= 0.3 is 0 Å². The van der Waals surface area contributed by atoms with Crippen molar-refractivity contribution in [2.45, 2.75) is 32.4 Å². The first-order valence-corrected chi connectivity index (χ1v) is 10.5. The molecule has 1 aliphatic rings. The molecule has 0 bridgehead atoms. The number of aromatic nitrogens is 3. The van der Waals surface area contributed by atoms with Crippen LogP contribution in [0.2, 0.25) is 0 Å². The molecule has 0 aliphatic carbocycles. The molecule has 2 heterocycles. The Morgan fingerprint density at radius 3 is 2.48 bits per heavy atom. The van der Waals surface area contributed by atoms with E-state index in [-0.39, 0.29) is 30.1 Å². The number of hydrogen-bond donors (Lipinski definition) is 1. The molecule has 0 atom stereocenters. The van der Waals surface area contributed by atoms with Crippen LogP contribution < -0.4 is 10.1 Å². The predicted octanol–water partition coefficient (Wildman–Crippen LogP) is 3.89. The van der Waals surface area contributed by atoms with Gasteiger partial charge in [-0.2, -0.15) is 5.10 Å². The van der Waals surface area contributed by atoms with Gasteiger partial charge in [-0.1, -0.05) is 30.3 Å². The van der Waals surface area contributed by atoms with E-state index in [1.54, 1.807) is 11.0 Å². The lowest BCUT2D eigenvalue weighted by molar-refractivity contribution is 0.129. The fourth-order valence-electron chi connectivity index (χ4n) is 3.56. The van der Waals surface area contributed by atoms with E-state index >= 15 is 0 Å². The number of benzene rings is 2. The van der Waals surface area contributed by atoms with E-state index in [9.17, 15) is 0 Å². The van der Waals surface area contributed by atoms with Gasteiger partial charge in [0.25, 0.3) is 0 Å². The number of nitrogens with one attached hydrogen (secondary N) is 1. The Kier molecular flexibility index (Phi) is 8.69. The SMILES string of the molecule is CCNC(=NCc1ccc(-n2cncn2)cc1)N1CCC(Oc2ccccc2)CC1.I. The van der Waals surface area contributed by atoms with Gasteiger partial charge in [-0.3, -0.25) is 0 Å². The fraction of sp³-hybridized carbons (Fsp3) is 0.348. The predicted molar refractivity (Wildman–Crippen MR) is 133 cm³/mol. The third-order valence-corrected chi connectivity index (χ3v) is 5.15. The fourth-order valence-corrected chi connectivity index (χ4v) is 3.56. The van der Waals surface area contributed by atoms with Crippen LogP contribution in [0.3, 0.4) is 0 Å². The average molecular weight is 532 g/mol. The van der Waals surface area contributed by atoms with Gasteiger partial charge in [0.1, 0.15) is 24.5 Å². The number of para-hydroxylation sites is 1. The van der Waals surface area contributed by atoms with E-state index < -0.39 is 0 Å². The number of ether oxygens (including phenoxy) is 1.